The van der Waals surface area contributed by atoms with E-state index in [4.69, 9.17) is 14.5 Å². The van der Waals surface area contributed by atoms with Crippen LogP contribution in [0, 0.1) is 5.92 Å². The van der Waals surface area contributed by atoms with Crippen molar-refractivity contribution >= 4 is 28.7 Å². The van der Waals surface area contributed by atoms with Crippen LogP contribution in [0.25, 0.3) is 10.9 Å². The van der Waals surface area contributed by atoms with Crippen LogP contribution in [-0.2, 0) is 31.9 Å². The molecule has 30 heavy (non-hydrogen) atoms. The fourth-order valence-corrected chi connectivity index (χ4v) is 3.82. The van der Waals surface area contributed by atoms with Crippen molar-refractivity contribution in [1.82, 2.24) is 10.3 Å². The quantitative estimate of drug-likeness (QED) is 0.703. The minimum Gasteiger partial charge on any atom is -0.467 e. The third-order valence-electron chi connectivity index (χ3n) is 5.69. The maximum absolute atomic E-state index is 13.0. The molecule has 1 N–H and O–H groups in total. The number of hydrogen-bond acceptors (Lipinski definition) is 6. The highest BCUT2D eigenvalue weighted by molar-refractivity contribution is 6.05. The molecule has 3 rings (SSSR count). The van der Waals surface area contributed by atoms with Crippen LogP contribution in [0.4, 0.5) is 0 Å². The van der Waals surface area contributed by atoms with E-state index in [1.165, 1.54) is 7.11 Å². The predicted octanol–water partition coefficient (Wildman–Crippen LogP) is 2.97. The van der Waals surface area contributed by atoms with Crippen molar-refractivity contribution in [2.75, 3.05) is 13.7 Å². The summed E-state index contributed by atoms with van der Waals surface area (Å²) in [5.41, 5.74) is 3.09. The number of pyridine rings is 1. The Kier molecular flexibility index (Phi) is 7.03. The number of esters is 2. The Morgan fingerprint density at radius 3 is 2.63 bits per heavy atom. The molecule has 1 aromatic carbocycles. The number of carbonyl (C=O) groups is 3. The minimum atomic E-state index is -0.777. The summed E-state index contributed by atoms with van der Waals surface area (Å²) in [6.45, 7) is 3.31. The van der Waals surface area contributed by atoms with E-state index in [0.717, 1.165) is 47.8 Å². The Labute approximate surface area is 176 Å². The summed E-state index contributed by atoms with van der Waals surface area (Å²) in [6.07, 6.45) is 4.32. The lowest BCUT2D eigenvalue weighted by Gasteiger charge is -2.22. The van der Waals surface area contributed by atoms with Gasteiger partial charge in [0.2, 0.25) is 0 Å². The lowest BCUT2D eigenvalue weighted by atomic mass is 9.90. The summed E-state index contributed by atoms with van der Waals surface area (Å²) in [4.78, 5) is 42.0. The molecule has 1 aliphatic carbocycles. The molecule has 0 saturated carbocycles. The second-order valence-corrected chi connectivity index (χ2v) is 7.67. The van der Waals surface area contributed by atoms with Crippen molar-refractivity contribution in [1.29, 1.82) is 0 Å². The minimum absolute atomic E-state index is 0.103. The van der Waals surface area contributed by atoms with Gasteiger partial charge in [-0.05, 0) is 43.2 Å². The first kappa shape index (κ1) is 21.7. The van der Waals surface area contributed by atoms with Crippen LogP contribution in [-0.4, -0.2) is 42.6 Å². The number of benzene rings is 1. The highest BCUT2D eigenvalue weighted by Gasteiger charge is 2.28. The number of methoxy groups -OCH3 is 1. The Hall–Kier alpha value is -2.96. The molecule has 7 heteroatoms. The zero-order valence-electron chi connectivity index (χ0n) is 17.7. The van der Waals surface area contributed by atoms with E-state index in [0.29, 0.717) is 12.0 Å². The van der Waals surface area contributed by atoms with Crippen LogP contribution in [0.5, 0.6) is 0 Å². The van der Waals surface area contributed by atoms with E-state index in [9.17, 15) is 14.4 Å². The van der Waals surface area contributed by atoms with Gasteiger partial charge in [0.25, 0.3) is 5.91 Å². The molecule has 1 aliphatic rings. The van der Waals surface area contributed by atoms with E-state index in [-0.39, 0.29) is 5.92 Å². The first-order chi connectivity index (χ1) is 14.5. The predicted molar refractivity (Wildman–Crippen MR) is 112 cm³/mol. The molecule has 0 unspecified atom stereocenters. The number of para-hydroxylation sites is 1. The maximum atomic E-state index is 13.0. The van der Waals surface area contributed by atoms with Crippen molar-refractivity contribution in [3.8, 4) is 0 Å². The third-order valence-corrected chi connectivity index (χ3v) is 5.69. The van der Waals surface area contributed by atoms with Crippen molar-refractivity contribution in [3.63, 3.8) is 0 Å². The van der Waals surface area contributed by atoms with Crippen LogP contribution in [0.2, 0.25) is 0 Å². The number of aromatic nitrogens is 1. The van der Waals surface area contributed by atoms with Crippen LogP contribution in [0.1, 0.15) is 54.7 Å². The molecule has 2 aromatic rings. The van der Waals surface area contributed by atoms with Crippen LogP contribution < -0.4 is 5.32 Å². The van der Waals surface area contributed by atoms with Gasteiger partial charge in [-0.3, -0.25) is 9.78 Å². The number of fused-ring (bicyclic) bond motifs is 2. The number of carbonyl (C=O) groups excluding carboxylic acids is 3. The summed E-state index contributed by atoms with van der Waals surface area (Å²) in [7, 11) is 1.28. The Balaban J connectivity index is 1.77. The van der Waals surface area contributed by atoms with E-state index in [2.05, 4.69) is 5.32 Å². The molecule has 0 spiro atoms. The van der Waals surface area contributed by atoms with Gasteiger partial charge < -0.3 is 14.8 Å². The highest BCUT2D eigenvalue weighted by Crippen LogP contribution is 2.29. The Morgan fingerprint density at radius 1 is 1.17 bits per heavy atom. The van der Waals surface area contributed by atoms with Gasteiger partial charge in [-0.1, -0.05) is 38.5 Å². The Bertz CT molecular complexity index is 956. The number of amides is 1. The third kappa shape index (κ3) is 4.61. The molecule has 0 saturated heterocycles. The molecular weight excluding hydrogens is 384 g/mol. The molecule has 0 bridgehead atoms. The van der Waals surface area contributed by atoms with Crippen molar-refractivity contribution in [2.24, 2.45) is 5.92 Å². The molecule has 0 aliphatic heterocycles. The summed E-state index contributed by atoms with van der Waals surface area (Å²) in [5, 5.41) is 3.35. The van der Waals surface area contributed by atoms with Gasteiger partial charge in [0.1, 0.15) is 6.04 Å². The number of rotatable bonds is 7. The largest absolute Gasteiger partial charge is 0.467 e. The summed E-state index contributed by atoms with van der Waals surface area (Å²) >= 11 is 0. The van der Waals surface area contributed by atoms with E-state index in [1.54, 1.807) is 0 Å². The number of nitrogens with one attached hydrogen (secondary N) is 1. The first-order valence-electron chi connectivity index (χ1n) is 10.4. The van der Waals surface area contributed by atoms with Gasteiger partial charge in [0, 0.05) is 11.1 Å². The second-order valence-electron chi connectivity index (χ2n) is 7.67. The van der Waals surface area contributed by atoms with E-state index in [1.807, 2.05) is 38.1 Å². The SMILES string of the molecule is CC[C@@H](C)[C@@H](NC(=O)COC(=O)c1c2c(nc3ccccc13)CCCC2)C(=O)OC. The maximum Gasteiger partial charge on any atom is 0.339 e. The topological polar surface area (TPSA) is 94.6 Å². The molecule has 0 radical (unpaired) electrons. The van der Waals surface area contributed by atoms with Gasteiger partial charge in [-0.25, -0.2) is 9.59 Å². The standard InChI is InChI=1S/C23H28N2O5/c1-4-14(2)21(23(28)29-3)25-19(26)13-30-22(27)20-15-9-5-7-11-17(15)24-18-12-8-6-10-16(18)20/h5,7,9,11,14,21H,4,6,8,10,12-13H2,1-3H3,(H,25,26)/t14-,21-/m1/s1. The molecule has 160 valence electrons. The van der Waals surface area contributed by atoms with Crippen molar-refractivity contribution in [3.05, 3.63) is 41.1 Å². The Morgan fingerprint density at radius 2 is 1.90 bits per heavy atom. The van der Waals surface area contributed by atoms with Crippen LogP contribution >= 0.6 is 0 Å². The van der Waals surface area contributed by atoms with Gasteiger partial charge in [-0.15, -0.1) is 0 Å². The van der Waals surface area contributed by atoms with E-state index >= 15 is 0 Å². The normalized spacial score (nSPS) is 15.0. The average Bonchev–Trinajstić information content (AvgIpc) is 2.78. The lowest BCUT2D eigenvalue weighted by molar-refractivity contribution is -0.147. The van der Waals surface area contributed by atoms with Crippen molar-refractivity contribution in [2.45, 2.75) is 52.0 Å². The molecule has 1 amide bonds. The molecule has 0 fully saturated rings. The zero-order valence-corrected chi connectivity index (χ0v) is 17.7. The summed E-state index contributed by atoms with van der Waals surface area (Å²) in [6, 6.07) is 6.69. The molecule has 1 aromatic heterocycles. The first-order valence-corrected chi connectivity index (χ1v) is 10.4. The fourth-order valence-electron chi connectivity index (χ4n) is 3.82. The second kappa shape index (κ2) is 9.69. The number of hydrogen-bond donors (Lipinski definition) is 1. The van der Waals surface area contributed by atoms with Crippen molar-refractivity contribution < 1.29 is 23.9 Å². The fraction of sp³-hybridized carbons (Fsp3) is 0.478. The smallest absolute Gasteiger partial charge is 0.339 e. The molecular formula is C23H28N2O5. The molecule has 2 atom stereocenters. The van der Waals surface area contributed by atoms with Gasteiger partial charge in [0.15, 0.2) is 6.61 Å². The monoisotopic (exact) mass is 412 g/mol. The highest BCUT2D eigenvalue weighted by atomic mass is 16.5. The van der Waals surface area contributed by atoms with Gasteiger partial charge >= 0.3 is 11.9 Å². The molecule has 7 nitrogen and oxygen atoms in total. The zero-order chi connectivity index (χ0) is 21.7. The number of aryl methyl sites for hydroxylation is 1. The van der Waals surface area contributed by atoms with Crippen LogP contribution in [0.3, 0.4) is 0 Å². The molecule has 1 heterocycles. The summed E-state index contributed by atoms with van der Waals surface area (Å²) in [5.74, 6) is -1.70. The average molecular weight is 412 g/mol. The van der Waals surface area contributed by atoms with Gasteiger partial charge in [-0.2, -0.15) is 0 Å². The van der Waals surface area contributed by atoms with Crippen LogP contribution in [0.15, 0.2) is 24.3 Å². The summed E-state index contributed by atoms with van der Waals surface area (Å²) < 4.78 is 10.1. The number of ether oxygens (including phenoxy) is 2. The van der Waals surface area contributed by atoms with E-state index < -0.39 is 30.5 Å². The lowest BCUT2D eigenvalue weighted by Crippen LogP contribution is -2.47. The number of nitrogens with zero attached hydrogens (tertiary/aromatic N) is 1. The van der Waals surface area contributed by atoms with Gasteiger partial charge in [0.05, 0.1) is 18.2 Å².